The summed E-state index contributed by atoms with van der Waals surface area (Å²) in [6.45, 7) is 10.4. The maximum absolute atomic E-state index is 11.8. The summed E-state index contributed by atoms with van der Waals surface area (Å²) in [4.78, 5) is 16.3. The molecule has 0 aliphatic carbocycles. The Hall–Kier alpha value is -0.610. The van der Waals surface area contributed by atoms with Crippen molar-refractivity contribution in [3.8, 4) is 0 Å². The van der Waals surface area contributed by atoms with Crippen LogP contribution in [0, 0.1) is 17.8 Å². The average molecular weight is 253 g/mol. The normalized spacial score (nSPS) is 34.3. The van der Waals surface area contributed by atoms with Gasteiger partial charge >= 0.3 is 0 Å². The molecule has 1 amide bonds. The van der Waals surface area contributed by atoms with E-state index in [-0.39, 0.29) is 0 Å². The Balaban J connectivity index is 1.76. The topological polar surface area (TPSA) is 49.6 Å². The summed E-state index contributed by atoms with van der Waals surface area (Å²) in [5.74, 6) is 2.26. The molecule has 3 atom stereocenters. The fourth-order valence-corrected chi connectivity index (χ4v) is 3.46. The van der Waals surface area contributed by atoms with Gasteiger partial charge in [0.05, 0.1) is 0 Å². The van der Waals surface area contributed by atoms with Crippen LogP contribution in [0.2, 0.25) is 0 Å². The first-order valence-electron chi connectivity index (χ1n) is 7.28. The van der Waals surface area contributed by atoms with E-state index < -0.39 is 0 Å². The highest BCUT2D eigenvalue weighted by Crippen LogP contribution is 2.21. The quantitative estimate of drug-likeness (QED) is 0.805. The summed E-state index contributed by atoms with van der Waals surface area (Å²) >= 11 is 0. The van der Waals surface area contributed by atoms with Crippen LogP contribution < -0.4 is 5.73 Å². The lowest BCUT2D eigenvalue weighted by atomic mass is 9.92. The van der Waals surface area contributed by atoms with E-state index >= 15 is 0 Å². The highest BCUT2D eigenvalue weighted by Gasteiger charge is 2.29. The number of carbonyl (C=O) groups is 1. The molecular formula is C14H27N3O. The first kappa shape index (κ1) is 13.8. The van der Waals surface area contributed by atoms with Crippen molar-refractivity contribution >= 4 is 5.91 Å². The molecule has 2 aliphatic rings. The lowest BCUT2D eigenvalue weighted by Gasteiger charge is -2.35. The molecule has 4 nitrogen and oxygen atoms in total. The second kappa shape index (κ2) is 6.02. The zero-order chi connectivity index (χ0) is 13.1. The summed E-state index contributed by atoms with van der Waals surface area (Å²) in [7, 11) is 0. The van der Waals surface area contributed by atoms with Crippen LogP contribution in [0.3, 0.4) is 0 Å². The van der Waals surface area contributed by atoms with E-state index in [0.717, 1.165) is 31.5 Å². The van der Waals surface area contributed by atoms with Gasteiger partial charge in [-0.25, -0.2) is 0 Å². The molecule has 2 rings (SSSR count). The predicted molar refractivity (Wildman–Crippen MR) is 73.1 cm³/mol. The molecular weight excluding hydrogens is 226 g/mol. The molecule has 2 N–H and O–H groups in total. The number of likely N-dealkylation sites (tertiary alicyclic amines) is 2. The van der Waals surface area contributed by atoms with Gasteiger partial charge in [-0.3, -0.25) is 4.79 Å². The Morgan fingerprint density at radius 3 is 2.39 bits per heavy atom. The van der Waals surface area contributed by atoms with Gasteiger partial charge in [-0.05, 0) is 30.7 Å². The van der Waals surface area contributed by atoms with Gasteiger partial charge in [-0.15, -0.1) is 0 Å². The van der Waals surface area contributed by atoms with Crippen LogP contribution in [-0.2, 0) is 4.79 Å². The van der Waals surface area contributed by atoms with E-state index in [1.807, 2.05) is 4.90 Å². The number of hydrogen-bond acceptors (Lipinski definition) is 3. The molecule has 104 valence electrons. The largest absolute Gasteiger partial charge is 0.341 e. The molecule has 0 aromatic heterocycles. The first-order valence-corrected chi connectivity index (χ1v) is 7.28. The van der Waals surface area contributed by atoms with Crippen LogP contribution in [0.5, 0.6) is 0 Å². The summed E-state index contributed by atoms with van der Waals surface area (Å²) in [5, 5.41) is 0. The number of rotatable bonds is 4. The smallest absolute Gasteiger partial charge is 0.223 e. The Morgan fingerprint density at radius 1 is 1.17 bits per heavy atom. The van der Waals surface area contributed by atoms with Crippen LogP contribution in [0.15, 0.2) is 0 Å². The summed E-state index contributed by atoms with van der Waals surface area (Å²) in [5.41, 5.74) is 5.64. The molecule has 0 saturated carbocycles. The lowest BCUT2D eigenvalue weighted by Crippen LogP contribution is -2.43. The molecule has 2 heterocycles. The van der Waals surface area contributed by atoms with E-state index in [9.17, 15) is 4.79 Å². The van der Waals surface area contributed by atoms with Crippen molar-refractivity contribution in [1.29, 1.82) is 0 Å². The van der Waals surface area contributed by atoms with Gasteiger partial charge in [0.2, 0.25) is 5.91 Å². The van der Waals surface area contributed by atoms with Gasteiger partial charge < -0.3 is 15.5 Å². The summed E-state index contributed by atoms with van der Waals surface area (Å²) in [6, 6.07) is 0. The van der Waals surface area contributed by atoms with Crippen LogP contribution >= 0.6 is 0 Å². The number of piperidine rings is 1. The minimum atomic E-state index is 0.295. The number of nitrogens with two attached hydrogens (primary N) is 1. The second-order valence-corrected chi connectivity index (χ2v) is 6.35. The minimum absolute atomic E-state index is 0.295. The molecule has 0 bridgehead atoms. The summed E-state index contributed by atoms with van der Waals surface area (Å²) in [6.07, 6.45) is 2.00. The molecule has 0 aromatic rings. The van der Waals surface area contributed by atoms with Crippen molar-refractivity contribution < 1.29 is 4.79 Å². The van der Waals surface area contributed by atoms with Crippen LogP contribution in [-0.4, -0.2) is 55.0 Å². The van der Waals surface area contributed by atoms with E-state index in [2.05, 4.69) is 18.7 Å². The van der Waals surface area contributed by atoms with E-state index in [0.29, 0.717) is 24.8 Å². The third-order valence-electron chi connectivity index (χ3n) is 4.26. The number of amides is 1. The zero-order valence-electron chi connectivity index (χ0n) is 11.8. The monoisotopic (exact) mass is 253 g/mol. The molecule has 2 saturated heterocycles. The second-order valence-electron chi connectivity index (χ2n) is 6.35. The fourth-order valence-electron chi connectivity index (χ4n) is 3.46. The van der Waals surface area contributed by atoms with Crippen LogP contribution in [0.1, 0.15) is 26.7 Å². The minimum Gasteiger partial charge on any atom is -0.341 e. The standard InChI is InChI=1S/C14H27N3O/c1-11-5-12(2)9-16(8-11)3-4-17-10-13(7-15)6-14(17)18/h11-13H,3-10,15H2,1-2H3. The van der Waals surface area contributed by atoms with Crippen LogP contribution in [0.25, 0.3) is 0 Å². The molecule has 0 radical (unpaired) electrons. The van der Waals surface area contributed by atoms with E-state index in [1.165, 1.54) is 19.5 Å². The van der Waals surface area contributed by atoms with Crippen molar-refractivity contribution in [3.05, 3.63) is 0 Å². The molecule has 18 heavy (non-hydrogen) atoms. The Labute approximate surface area is 110 Å². The predicted octanol–water partition coefficient (Wildman–Crippen LogP) is 0.772. The Morgan fingerprint density at radius 2 is 1.83 bits per heavy atom. The van der Waals surface area contributed by atoms with Gasteiger partial charge in [0.15, 0.2) is 0 Å². The molecule has 0 spiro atoms. The highest BCUT2D eigenvalue weighted by atomic mass is 16.2. The van der Waals surface area contributed by atoms with Gasteiger partial charge in [0, 0.05) is 39.1 Å². The van der Waals surface area contributed by atoms with E-state index in [1.54, 1.807) is 0 Å². The molecule has 4 heteroatoms. The van der Waals surface area contributed by atoms with Crippen LogP contribution in [0.4, 0.5) is 0 Å². The first-order chi connectivity index (χ1) is 8.58. The fraction of sp³-hybridized carbons (Fsp3) is 0.929. The summed E-state index contributed by atoms with van der Waals surface area (Å²) < 4.78 is 0. The third kappa shape index (κ3) is 3.45. The molecule has 3 unspecified atom stereocenters. The molecule has 0 aromatic carbocycles. The van der Waals surface area contributed by atoms with Crippen molar-refractivity contribution in [2.75, 3.05) is 39.3 Å². The number of hydrogen-bond donors (Lipinski definition) is 1. The Kier molecular flexibility index (Phi) is 4.62. The van der Waals surface area contributed by atoms with Gasteiger partial charge in [-0.1, -0.05) is 13.8 Å². The van der Waals surface area contributed by atoms with E-state index in [4.69, 9.17) is 5.73 Å². The van der Waals surface area contributed by atoms with Gasteiger partial charge in [-0.2, -0.15) is 0 Å². The van der Waals surface area contributed by atoms with Crippen molar-refractivity contribution in [2.45, 2.75) is 26.7 Å². The number of nitrogens with zero attached hydrogens (tertiary/aromatic N) is 2. The van der Waals surface area contributed by atoms with Crippen molar-refractivity contribution in [3.63, 3.8) is 0 Å². The SMILES string of the molecule is CC1CC(C)CN(CCN2CC(CN)CC2=O)C1. The average Bonchev–Trinajstić information content (AvgIpc) is 2.66. The van der Waals surface area contributed by atoms with Crippen molar-refractivity contribution in [1.82, 2.24) is 9.80 Å². The maximum Gasteiger partial charge on any atom is 0.223 e. The maximum atomic E-state index is 11.8. The highest BCUT2D eigenvalue weighted by molar-refractivity contribution is 5.78. The third-order valence-corrected chi connectivity index (χ3v) is 4.26. The van der Waals surface area contributed by atoms with Crippen molar-refractivity contribution in [2.24, 2.45) is 23.5 Å². The Bertz CT molecular complexity index is 285. The number of carbonyl (C=O) groups excluding carboxylic acids is 1. The molecule has 2 aliphatic heterocycles. The zero-order valence-corrected chi connectivity index (χ0v) is 11.8. The van der Waals surface area contributed by atoms with Gasteiger partial charge in [0.1, 0.15) is 0 Å². The van der Waals surface area contributed by atoms with Gasteiger partial charge in [0.25, 0.3) is 0 Å². The molecule has 2 fully saturated rings. The lowest BCUT2D eigenvalue weighted by molar-refractivity contribution is -0.128.